The zero-order chi connectivity index (χ0) is 24.6. The van der Waals surface area contributed by atoms with Gasteiger partial charge < -0.3 is 9.80 Å². The van der Waals surface area contributed by atoms with Crippen molar-refractivity contribution in [2.75, 3.05) is 22.6 Å². The maximum atomic E-state index is 13.4. The number of benzene rings is 3. The molecular formula is C26H25ClN2O4S. The lowest BCUT2D eigenvalue weighted by Crippen LogP contribution is -2.51. The molecule has 0 spiro atoms. The molecule has 0 bridgehead atoms. The molecule has 2 amide bonds. The van der Waals surface area contributed by atoms with Gasteiger partial charge in [-0.1, -0.05) is 48.0 Å². The molecule has 1 aliphatic rings. The van der Waals surface area contributed by atoms with E-state index >= 15 is 0 Å². The first kappa shape index (κ1) is 24.0. The van der Waals surface area contributed by atoms with Gasteiger partial charge in [0, 0.05) is 24.7 Å². The van der Waals surface area contributed by atoms with Crippen LogP contribution in [0.5, 0.6) is 0 Å². The summed E-state index contributed by atoms with van der Waals surface area (Å²) >= 11 is 6.28. The molecule has 3 aromatic rings. The second-order valence-corrected chi connectivity index (χ2v) is 10.9. The number of carbonyl (C=O) groups is 2. The molecule has 0 radical (unpaired) electrons. The Bertz CT molecular complexity index is 1370. The molecule has 8 heteroatoms. The first-order valence-electron chi connectivity index (χ1n) is 10.8. The van der Waals surface area contributed by atoms with Crippen molar-refractivity contribution in [1.82, 2.24) is 0 Å². The Kier molecular flexibility index (Phi) is 6.51. The largest absolute Gasteiger partial charge is 0.308 e. The predicted octanol–water partition coefficient (Wildman–Crippen LogP) is 4.74. The van der Waals surface area contributed by atoms with Gasteiger partial charge >= 0.3 is 0 Å². The molecule has 0 N–H and O–H groups in total. The minimum absolute atomic E-state index is 0.0998. The van der Waals surface area contributed by atoms with Crippen LogP contribution >= 0.6 is 11.6 Å². The molecule has 4 rings (SSSR count). The Morgan fingerprint density at radius 1 is 0.971 bits per heavy atom. The zero-order valence-corrected chi connectivity index (χ0v) is 20.7. The highest BCUT2D eigenvalue weighted by Crippen LogP contribution is 2.39. The van der Waals surface area contributed by atoms with E-state index in [2.05, 4.69) is 0 Å². The van der Waals surface area contributed by atoms with Crippen molar-refractivity contribution in [3.8, 4) is 11.1 Å². The molecular weight excluding hydrogens is 472 g/mol. The Balaban J connectivity index is 1.76. The number of anilines is 2. The monoisotopic (exact) mass is 496 g/mol. The maximum Gasteiger partial charge on any atom is 0.231 e. The molecule has 1 aliphatic heterocycles. The number of carbonyl (C=O) groups excluding carboxylic acids is 2. The Hall–Kier alpha value is -3.16. The number of rotatable bonds is 4. The summed E-state index contributed by atoms with van der Waals surface area (Å²) in [4.78, 5) is 29.5. The molecule has 1 heterocycles. The van der Waals surface area contributed by atoms with Gasteiger partial charge in [-0.3, -0.25) is 9.59 Å². The van der Waals surface area contributed by atoms with Crippen LogP contribution in [0.25, 0.3) is 11.1 Å². The van der Waals surface area contributed by atoms with Crippen LogP contribution in [0.3, 0.4) is 0 Å². The average molecular weight is 497 g/mol. The zero-order valence-electron chi connectivity index (χ0n) is 19.2. The van der Waals surface area contributed by atoms with Gasteiger partial charge in [-0.15, -0.1) is 0 Å². The van der Waals surface area contributed by atoms with E-state index in [4.69, 9.17) is 11.6 Å². The topological polar surface area (TPSA) is 74.8 Å². The van der Waals surface area contributed by atoms with Crippen LogP contribution < -0.4 is 9.80 Å². The van der Waals surface area contributed by atoms with Crippen molar-refractivity contribution in [2.45, 2.75) is 31.2 Å². The van der Waals surface area contributed by atoms with E-state index < -0.39 is 9.84 Å². The smallest absolute Gasteiger partial charge is 0.231 e. The third kappa shape index (κ3) is 4.72. The van der Waals surface area contributed by atoms with Crippen LogP contribution in [-0.2, 0) is 25.8 Å². The summed E-state index contributed by atoms with van der Waals surface area (Å²) in [6.07, 6.45) is 1.31. The molecule has 0 saturated heterocycles. The molecule has 6 nitrogen and oxygen atoms in total. The third-order valence-electron chi connectivity index (χ3n) is 5.97. The molecule has 176 valence electrons. The number of sulfone groups is 1. The predicted molar refractivity (Wildman–Crippen MR) is 135 cm³/mol. The fourth-order valence-corrected chi connectivity index (χ4v) is 5.15. The van der Waals surface area contributed by atoms with Gasteiger partial charge in [-0.05, 0) is 53.9 Å². The summed E-state index contributed by atoms with van der Waals surface area (Å²) in [5.74, 6) is -0.216. The maximum absolute atomic E-state index is 13.4. The number of fused-ring (bicyclic) bond motifs is 1. The van der Waals surface area contributed by atoms with Crippen molar-refractivity contribution in [1.29, 1.82) is 0 Å². The van der Waals surface area contributed by atoms with Crippen molar-refractivity contribution in [3.05, 3.63) is 77.3 Å². The van der Waals surface area contributed by atoms with Gasteiger partial charge in [0.15, 0.2) is 9.84 Å². The third-order valence-corrected chi connectivity index (χ3v) is 7.47. The van der Waals surface area contributed by atoms with Gasteiger partial charge in [0.05, 0.1) is 28.7 Å². The van der Waals surface area contributed by atoms with Crippen molar-refractivity contribution >= 4 is 44.6 Å². The lowest BCUT2D eigenvalue weighted by atomic mass is 10.00. The van der Waals surface area contributed by atoms with E-state index in [-0.39, 0.29) is 29.2 Å². The Morgan fingerprint density at radius 2 is 1.62 bits per heavy atom. The van der Waals surface area contributed by atoms with E-state index in [0.29, 0.717) is 22.9 Å². The molecule has 3 aromatic carbocycles. The van der Waals surface area contributed by atoms with Crippen LogP contribution in [0.15, 0.2) is 71.6 Å². The van der Waals surface area contributed by atoms with E-state index in [1.807, 2.05) is 43.3 Å². The number of nitrogens with zero attached hydrogens (tertiary/aromatic N) is 2. The molecule has 0 aromatic heterocycles. The molecule has 1 atom stereocenters. The Labute approximate surface area is 204 Å². The molecule has 0 saturated carbocycles. The van der Waals surface area contributed by atoms with E-state index in [0.717, 1.165) is 16.7 Å². The van der Waals surface area contributed by atoms with E-state index in [9.17, 15) is 18.0 Å². The number of amides is 2. The summed E-state index contributed by atoms with van der Waals surface area (Å²) in [6, 6.07) is 19.2. The quantitative estimate of drug-likeness (QED) is 0.522. The van der Waals surface area contributed by atoms with E-state index in [1.165, 1.54) is 13.2 Å². The molecule has 34 heavy (non-hydrogen) atoms. The highest BCUT2D eigenvalue weighted by molar-refractivity contribution is 7.90. The van der Waals surface area contributed by atoms with Crippen molar-refractivity contribution in [3.63, 3.8) is 0 Å². The SMILES string of the molecule is CC(=O)N1c2ccc(-c3ccc(S(C)(=O)=O)cc3)cc2N(C(=O)Cc2ccccc2Cl)C[C@@H]1C. The molecule has 0 aliphatic carbocycles. The second-order valence-electron chi connectivity index (χ2n) is 8.51. The second kappa shape index (κ2) is 9.24. The normalized spacial score (nSPS) is 15.7. The van der Waals surface area contributed by atoms with Gasteiger partial charge in [0.25, 0.3) is 0 Å². The summed E-state index contributed by atoms with van der Waals surface area (Å²) in [7, 11) is -3.30. The van der Waals surface area contributed by atoms with Crippen LogP contribution in [0.1, 0.15) is 19.4 Å². The summed E-state index contributed by atoms with van der Waals surface area (Å²) in [6.45, 7) is 3.78. The average Bonchev–Trinajstić information content (AvgIpc) is 2.79. The van der Waals surface area contributed by atoms with E-state index in [1.54, 1.807) is 40.1 Å². The first-order chi connectivity index (χ1) is 16.1. The fourth-order valence-electron chi connectivity index (χ4n) is 4.32. The van der Waals surface area contributed by atoms with Crippen molar-refractivity contribution < 1.29 is 18.0 Å². The number of halogens is 1. The van der Waals surface area contributed by atoms with Gasteiger partial charge in [0.1, 0.15) is 0 Å². The van der Waals surface area contributed by atoms with Crippen LogP contribution in [0, 0.1) is 0 Å². The van der Waals surface area contributed by atoms with Gasteiger partial charge in [0.2, 0.25) is 11.8 Å². The van der Waals surface area contributed by atoms with Crippen LogP contribution in [0.4, 0.5) is 11.4 Å². The van der Waals surface area contributed by atoms with Crippen molar-refractivity contribution in [2.24, 2.45) is 0 Å². The lowest BCUT2D eigenvalue weighted by Gasteiger charge is -2.41. The Morgan fingerprint density at radius 3 is 2.24 bits per heavy atom. The summed E-state index contributed by atoms with van der Waals surface area (Å²) < 4.78 is 23.6. The standard InChI is InChI=1S/C26H25ClN2O4S/c1-17-16-28(26(31)15-21-6-4-5-7-23(21)27)25-14-20(10-13-24(25)29(17)18(2)30)19-8-11-22(12-9-19)34(3,32)33/h4-14,17H,15-16H2,1-3H3/t17-/m0/s1. The highest BCUT2D eigenvalue weighted by Gasteiger charge is 2.33. The van der Waals surface area contributed by atoms with Gasteiger partial charge in [-0.25, -0.2) is 8.42 Å². The molecule has 0 unspecified atom stereocenters. The summed E-state index contributed by atoms with van der Waals surface area (Å²) in [5, 5.41) is 0.534. The first-order valence-corrected chi connectivity index (χ1v) is 13.1. The number of hydrogen-bond donors (Lipinski definition) is 0. The fraction of sp³-hybridized carbons (Fsp3) is 0.231. The lowest BCUT2D eigenvalue weighted by molar-refractivity contribution is -0.119. The number of hydrogen-bond acceptors (Lipinski definition) is 4. The molecule has 0 fully saturated rings. The minimum Gasteiger partial charge on any atom is -0.308 e. The minimum atomic E-state index is -3.30. The van der Waals surface area contributed by atoms with Gasteiger partial charge in [-0.2, -0.15) is 0 Å². The van der Waals surface area contributed by atoms with Crippen LogP contribution in [-0.4, -0.2) is 39.1 Å². The van der Waals surface area contributed by atoms with Crippen LogP contribution in [0.2, 0.25) is 5.02 Å². The summed E-state index contributed by atoms with van der Waals surface area (Å²) in [5.41, 5.74) is 3.66. The highest BCUT2D eigenvalue weighted by atomic mass is 35.5.